The summed E-state index contributed by atoms with van der Waals surface area (Å²) in [5.41, 5.74) is 1.57. The number of benzene rings is 2. The van der Waals surface area contributed by atoms with Crippen LogP contribution in [0, 0.1) is 11.7 Å². The molecule has 0 unspecified atom stereocenters. The first-order valence-electron chi connectivity index (χ1n) is 8.83. The number of ketones is 1. The zero-order valence-corrected chi connectivity index (χ0v) is 15.2. The fraction of sp³-hybridized carbons (Fsp3) is 0.381. The first-order chi connectivity index (χ1) is 12.6. The standard InChI is InChI=1S/C21H24FNO3/c1-25-19-9-8-16(12-20(19)26-2)21(24)17-6-4-10-23(14-17)13-15-5-3-7-18(22)11-15/h3,5,7-9,11-12,17H,4,6,10,13-14H2,1-2H3/t17-/m1/s1. The van der Waals surface area contributed by atoms with E-state index in [2.05, 4.69) is 4.90 Å². The van der Waals surface area contributed by atoms with Crippen molar-refractivity contribution in [3.63, 3.8) is 0 Å². The van der Waals surface area contributed by atoms with Crippen molar-refractivity contribution in [1.29, 1.82) is 0 Å². The fourth-order valence-electron chi connectivity index (χ4n) is 3.53. The molecule has 0 aromatic heterocycles. The van der Waals surface area contributed by atoms with Crippen LogP contribution in [0.2, 0.25) is 0 Å². The Labute approximate surface area is 153 Å². The van der Waals surface area contributed by atoms with Crippen molar-refractivity contribution in [2.45, 2.75) is 19.4 Å². The topological polar surface area (TPSA) is 38.8 Å². The van der Waals surface area contributed by atoms with Gasteiger partial charge in [0.2, 0.25) is 0 Å². The van der Waals surface area contributed by atoms with E-state index in [4.69, 9.17) is 9.47 Å². The summed E-state index contributed by atoms with van der Waals surface area (Å²) in [6, 6.07) is 11.9. The minimum absolute atomic E-state index is 0.0598. The van der Waals surface area contributed by atoms with Gasteiger partial charge in [0.1, 0.15) is 5.82 Å². The Kier molecular flexibility index (Phi) is 5.89. The van der Waals surface area contributed by atoms with Crippen LogP contribution in [0.3, 0.4) is 0 Å². The quantitative estimate of drug-likeness (QED) is 0.734. The molecule has 0 bridgehead atoms. The van der Waals surface area contributed by atoms with Crippen LogP contribution in [0.4, 0.5) is 4.39 Å². The number of ether oxygens (including phenoxy) is 2. The molecule has 0 aliphatic carbocycles. The maximum Gasteiger partial charge on any atom is 0.167 e. The van der Waals surface area contributed by atoms with Crippen LogP contribution >= 0.6 is 0 Å². The van der Waals surface area contributed by atoms with Crippen LogP contribution in [-0.2, 0) is 6.54 Å². The van der Waals surface area contributed by atoms with Crippen molar-refractivity contribution in [1.82, 2.24) is 4.90 Å². The minimum Gasteiger partial charge on any atom is -0.493 e. The van der Waals surface area contributed by atoms with E-state index in [9.17, 15) is 9.18 Å². The van der Waals surface area contributed by atoms with Crippen molar-refractivity contribution in [3.8, 4) is 11.5 Å². The Morgan fingerprint density at radius 1 is 1.15 bits per heavy atom. The van der Waals surface area contributed by atoms with E-state index in [1.807, 2.05) is 6.07 Å². The van der Waals surface area contributed by atoms with Gasteiger partial charge in [0.25, 0.3) is 0 Å². The van der Waals surface area contributed by atoms with Gasteiger partial charge in [-0.05, 0) is 55.3 Å². The van der Waals surface area contributed by atoms with Gasteiger partial charge in [-0.15, -0.1) is 0 Å². The average Bonchev–Trinajstić information content (AvgIpc) is 2.67. The van der Waals surface area contributed by atoms with Gasteiger partial charge in [-0.25, -0.2) is 4.39 Å². The van der Waals surface area contributed by atoms with Gasteiger partial charge in [0.05, 0.1) is 14.2 Å². The van der Waals surface area contributed by atoms with E-state index < -0.39 is 0 Å². The maximum absolute atomic E-state index is 13.4. The minimum atomic E-state index is -0.225. The molecule has 2 aromatic carbocycles. The van der Waals surface area contributed by atoms with Crippen LogP contribution in [0.15, 0.2) is 42.5 Å². The first kappa shape index (κ1) is 18.4. The molecule has 2 aromatic rings. The molecule has 1 heterocycles. The summed E-state index contributed by atoms with van der Waals surface area (Å²) in [5, 5.41) is 0. The summed E-state index contributed by atoms with van der Waals surface area (Å²) in [4.78, 5) is 15.2. The van der Waals surface area contributed by atoms with E-state index in [1.54, 1.807) is 44.6 Å². The van der Waals surface area contributed by atoms with Gasteiger partial charge in [-0.2, -0.15) is 0 Å². The highest BCUT2D eigenvalue weighted by Gasteiger charge is 2.27. The molecule has 0 N–H and O–H groups in total. The first-order valence-corrected chi connectivity index (χ1v) is 8.83. The second-order valence-electron chi connectivity index (χ2n) is 6.64. The van der Waals surface area contributed by atoms with Crippen LogP contribution < -0.4 is 9.47 Å². The lowest BCUT2D eigenvalue weighted by Crippen LogP contribution is -2.38. The van der Waals surface area contributed by atoms with E-state index in [0.29, 0.717) is 30.2 Å². The van der Waals surface area contributed by atoms with E-state index in [0.717, 1.165) is 24.9 Å². The van der Waals surface area contributed by atoms with Crippen molar-refractivity contribution in [3.05, 3.63) is 59.4 Å². The number of carbonyl (C=O) groups is 1. The lowest BCUT2D eigenvalue weighted by molar-refractivity contribution is 0.0811. The van der Waals surface area contributed by atoms with Crippen LogP contribution in [-0.4, -0.2) is 38.0 Å². The molecule has 1 saturated heterocycles. The van der Waals surface area contributed by atoms with Gasteiger partial charge in [-0.3, -0.25) is 9.69 Å². The van der Waals surface area contributed by atoms with Gasteiger partial charge < -0.3 is 9.47 Å². The monoisotopic (exact) mass is 357 g/mol. The predicted octanol–water partition coefficient (Wildman–Crippen LogP) is 3.94. The smallest absolute Gasteiger partial charge is 0.167 e. The zero-order valence-electron chi connectivity index (χ0n) is 15.2. The van der Waals surface area contributed by atoms with Crippen molar-refractivity contribution >= 4 is 5.78 Å². The Morgan fingerprint density at radius 2 is 1.96 bits per heavy atom. The normalized spacial score (nSPS) is 17.7. The average molecular weight is 357 g/mol. The number of rotatable bonds is 6. The summed E-state index contributed by atoms with van der Waals surface area (Å²) in [7, 11) is 3.14. The molecule has 0 amide bonds. The largest absolute Gasteiger partial charge is 0.493 e. The Hall–Kier alpha value is -2.40. The number of halogens is 1. The lowest BCUT2D eigenvalue weighted by Gasteiger charge is -2.32. The summed E-state index contributed by atoms with van der Waals surface area (Å²) in [6.07, 6.45) is 1.83. The molecule has 5 heteroatoms. The Morgan fingerprint density at radius 3 is 2.69 bits per heavy atom. The third-order valence-corrected chi connectivity index (χ3v) is 4.84. The van der Waals surface area contributed by atoms with Crippen LogP contribution in [0.25, 0.3) is 0 Å². The molecule has 0 spiro atoms. The van der Waals surface area contributed by atoms with Crippen LogP contribution in [0.5, 0.6) is 11.5 Å². The molecule has 1 aliphatic heterocycles. The van der Waals surface area contributed by atoms with Gasteiger partial charge in [0, 0.05) is 24.6 Å². The predicted molar refractivity (Wildman–Crippen MR) is 98.3 cm³/mol. The molecule has 138 valence electrons. The highest BCUT2D eigenvalue weighted by molar-refractivity contribution is 5.98. The highest BCUT2D eigenvalue weighted by Crippen LogP contribution is 2.30. The number of hydrogen-bond acceptors (Lipinski definition) is 4. The van der Waals surface area contributed by atoms with E-state index in [1.165, 1.54) is 6.07 Å². The molecule has 3 rings (SSSR count). The number of hydrogen-bond donors (Lipinski definition) is 0. The molecule has 1 aliphatic rings. The fourth-order valence-corrected chi connectivity index (χ4v) is 3.53. The SMILES string of the molecule is COc1ccc(C(=O)[C@@H]2CCCN(Cc3cccc(F)c3)C2)cc1OC. The maximum atomic E-state index is 13.4. The van der Waals surface area contributed by atoms with Crippen LogP contribution in [0.1, 0.15) is 28.8 Å². The Bertz CT molecular complexity index is 778. The van der Waals surface area contributed by atoms with Gasteiger partial charge in [0.15, 0.2) is 17.3 Å². The zero-order chi connectivity index (χ0) is 18.5. The molecular weight excluding hydrogens is 333 g/mol. The van der Waals surface area contributed by atoms with Crippen molar-refractivity contribution < 1.29 is 18.7 Å². The lowest BCUT2D eigenvalue weighted by atomic mass is 9.89. The third-order valence-electron chi connectivity index (χ3n) is 4.84. The molecular formula is C21H24FNO3. The molecule has 0 radical (unpaired) electrons. The summed E-state index contributed by atoms with van der Waals surface area (Å²) in [6.45, 7) is 2.27. The van der Waals surface area contributed by atoms with E-state index >= 15 is 0 Å². The molecule has 1 fully saturated rings. The van der Waals surface area contributed by atoms with Crippen molar-refractivity contribution in [2.24, 2.45) is 5.92 Å². The second kappa shape index (κ2) is 8.32. The van der Waals surface area contributed by atoms with Crippen molar-refractivity contribution in [2.75, 3.05) is 27.3 Å². The number of nitrogens with zero attached hydrogens (tertiary/aromatic N) is 1. The number of carbonyl (C=O) groups excluding carboxylic acids is 1. The molecule has 4 nitrogen and oxygen atoms in total. The number of likely N-dealkylation sites (tertiary alicyclic amines) is 1. The summed E-state index contributed by atoms with van der Waals surface area (Å²) in [5.74, 6) is 1.01. The highest BCUT2D eigenvalue weighted by atomic mass is 19.1. The Balaban J connectivity index is 1.70. The molecule has 26 heavy (non-hydrogen) atoms. The van der Waals surface area contributed by atoms with Gasteiger partial charge >= 0.3 is 0 Å². The number of piperidine rings is 1. The third kappa shape index (κ3) is 4.22. The summed E-state index contributed by atoms with van der Waals surface area (Å²) < 4.78 is 23.9. The second-order valence-corrected chi connectivity index (χ2v) is 6.64. The summed E-state index contributed by atoms with van der Waals surface area (Å²) >= 11 is 0. The molecule has 0 saturated carbocycles. The number of Topliss-reactive ketones (excluding diaryl/α,β-unsaturated/α-hetero) is 1. The molecule has 1 atom stereocenters. The van der Waals surface area contributed by atoms with Gasteiger partial charge in [-0.1, -0.05) is 12.1 Å². The number of methoxy groups -OCH3 is 2. The van der Waals surface area contributed by atoms with E-state index in [-0.39, 0.29) is 17.5 Å².